The monoisotopic (exact) mass is 247 g/mol. The molecular formula is C15H21NO2. The fraction of sp³-hybridized carbons (Fsp3) is 0.400. The molecule has 98 valence electrons. The Bertz CT molecular complexity index is 413. The average Bonchev–Trinajstić information content (AvgIpc) is 2.36. The molecule has 0 amide bonds. The first-order chi connectivity index (χ1) is 8.65. The fourth-order valence-corrected chi connectivity index (χ4v) is 1.66. The Balaban J connectivity index is 2.25. The molecular weight excluding hydrogens is 226 g/mol. The maximum absolute atomic E-state index is 11.3. The molecule has 1 aromatic carbocycles. The first kappa shape index (κ1) is 14.5. The van der Waals surface area contributed by atoms with Gasteiger partial charge in [0.25, 0.3) is 0 Å². The van der Waals surface area contributed by atoms with Gasteiger partial charge in [0.1, 0.15) is 0 Å². The van der Waals surface area contributed by atoms with Gasteiger partial charge in [-0.15, -0.1) is 0 Å². The highest BCUT2D eigenvalue weighted by atomic mass is 16.5. The Labute approximate surface area is 109 Å². The van der Waals surface area contributed by atoms with Crippen LogP contribution in [0, 0.1) is 6.92 Å². The zero-order valence-corrected chi connectivity index (χ0v) is 11.2. The van der Waals surface area contributed by atoms with Gasteiger partial charge in [-0.2, -0.15) is 0 Å². The van der Waals surface area contributed by atoms with Gasteiger partial charge in [-0.3, -0.25) is 0 Å². The van der Waals surface area contributed by atoms with Crippen LogP contribution in [-0.2, 0) is 16.0 Å². The molecule has 0 spiro atoms. The normalized spacial score (nSPS) is 10.1. The molecule has 0 atom stereocenters. The van der Waals surface area contributed by atoms with Crippen molar-refractivity contribution in [3.63, 3.8) is 0 Å². The second-order valence-electron chi connectivity index (χ2n) is 4.18. The summed E-state index contributed by atoms with van der Waals surface area (Å²) in [5.41, 5.74) is 3.09. The Morgan fingerprint density at radius 2 is 2.11 bits per heavy atom. The van der Waals surface area contributed by atoms with E-state index in [1.165, 1.54) is 11.1 Å². The van der Waals surface area contributed by atoms with E-state index in [0.29, 0.717) is 18.7 Å². The van der Waals surface area contributed by atoms with Crippen LogP contribution in [0.25, 0.3) is 0 Å². The number of hydrogen-bond donors (Lipinski definition) is 1. The molecule has 0 aliphatic rings. The molecule has 18 heavy (non-hydrogen) atoms. The molecule has 0 aliphatic heterocycles. The molecule has 0 aromatic heterocycles. The molecule has 0 heterocycles. The summed E-state index contributed by atoms with van der Waals surface area (Å²) in [6.07, 6.45) is 0.947. The number of carbonyl (C=O) groups excluding carboxylic acids is 1. The van der Waals surface area contributed by atoms with Gasteiger partial charge in [-0.25, -0.2) is 4.79 Å². The summed E-state index contributed by atoms with van der Waals surface area (Å²) >= 11 is 0. The van der Waals surface area contributed by atoms with E-state index in [-0.39, 0.29) is 5.97 Å². The number of nitrogens with one attached hydrogen (secondary N) is 1. The van der Waals surface area contributed by atoms with Crippen molar-refractivity contribution in [2.75, 3.05) is 19.7 Å². The van der Waals surface area contributed by atoms with Gasteiger partial charge in [-0.05, 0) is 37.9 Å². The van der Waals surface area contributed by atoms with Gasteiger partial charge in [0.05, 0.1) is 6.61 Å². The van der Waals surface area contributed by atoms with Crippen LogP contribution in [0.5, 0.6) is 0 Å². The van der Waals surface area contributed by atoms with E-state index >= 15 is 0 Å². The quantitative estimate of drug-likeness (QED) is 0.456. The second kappa shape index (κ2) is 7.67. The van der Waals surface area contributed by atoms with E-state index in [1.54, 1.807) is 6.92 Å². The van der Waals surface area contributed by atoms with Gasteiger partial charge in [0, 0.05) is 12.1 Å². The van der Waals surface area contributed by atoms with Gasteiger partial charge >= 0.3 is 5.97 Å². The van der Waals surface area contributed by atoms with Crippen molar-refractivity contribution >= 4 is 5.97 Å². The van der Waals surface area contributed by atoms with Gasteiger partial charge in [0.2, 0.25) is 0 Å². The predicted molar refractivity (Wildman–Crippen MR) is 73.5 cm³/mol. The SMILES string of the molecule is C=C(CNCCc1ccccc1C)C(=O)OCC. The van der Waals surface area contributed by atoms with Crippen LogP contribution in [-0.4, -0.2) is 25.7 Å². The Morgan fingerprint density at radius 3 is 2.78 bits per heavy atom. The lowest BCUT2D eigenvalue weighted by molar-refractivity contribution is -0.138. The third-order valence-electron chi connectivity index (χ3n) is 2.73. The van der Waals surface area contributed by atoms with Crippen LogP contribution < -0.4 is 5.32 Å². The summed E-state index contributed by atoms with van der Waals surface area (Å²) in [6, 6.07) is 8.30. The van der Waals surface area contributed by atoms with Gasteiger partial charge in [-0.1, -0.05) is 30.8 Å². The second-order valence-corrected chi connectivity index (χ2v) is 4.18. The molecule has 0 saturated heterocycles. The minimum atomic E-state index is -0.319. The highest BCUT2D eigenvalue weighted by molar-refractivity contribution is 5.88. The summed E-state index contributed by atoms with van der Waals surface area (Å²) in [7, 11) is 0. The highest BCUT2D eigenvalue weighted by Gasteiger charge is 2.06. The van der Waals surface area contributed by atoms with E-state index in [4.69, 9.17) is 4.74 Å². The molecule has 3 nitrogen and oxygen atoms in total. The smallest absolute Gasteiger partial charge is 0.334 e. The molecule has 3 heteroatoms. The van der Waals surface area contributed by atoms with Crippen molar-refractivity contribution in [2.45, 2.75) is 20.3 Å². The molecule has 1 rings (SSSR count). The predicted octanol–water partition coefficient (Wildman–Crippen LogP) is 2.25. The molecule has 0 aliphatic carbocycles. The maximum atomic E-state index is 11.3. The van der Waals surface area contributed by atoms with E-state index in [0.717, 1.165) is 13.0 Å². The van der Waals surface area contributed by atoms with Gasteiger partial charge < -0.3 is 10.1 Å². The standard InChI is InChI=1S/C15H21NO2/c1-4-18-15(17)13(3)11-16-10-9-14-8-6-5-7-12(14)2/h5-8,16H,3-4,9-11H2,1-2H3. The molecule has 0 fully saturated rings. The van der Waals surface area contributed by atoms with E-state index < -0.39 is 0 Å². The number of rotatable bonds is 7. The maximum Gasteiger partial charge on any atom is 0.334 e. The van der Waals surface area contributed by atoms with Crippen LogP contribution in [0.4, 0.5) is 0 Å². The lowest BCUT2D eigenvalue weighted by Gasteiger charge is -2.08. The molecule has 0 saturated carbocycles. The average molecular weight is 247 g/mol. The number of esters is 1. The first-order valence-electron chi connectivity index (χ1n) is 6.25. The van der Waals surface area contributed by atoms with Crippen molar-refractivity contribution in [1.29, 1.82) is 0 Å². The third-order valence-corrected chi connectivity index (χ3v) is 2.73. The molecule has 0 radical (unpaired) electrons. The lowest BCUT2D eigenvalue weighted by atomic mass is 10.1. The largest absolute Gasteiger partial charge is 0.463 e. The number of ether oxygens (including phenoxy) is 1. The zero-order valence-electron chi connectivity index (χ0n) is 11.2. The van der Waals surface area contributed by atoms with E-state index in [1.807, 2.05) is 12.1 Å². The molecule has 1 N–H and O–H groups in total. The topological polar surface area (TPSA) is 38.3 Å². The zero-order chi connectivity index (χ0) is 13.4. The highest BCUT2D eigenvalue weighted by Crippen LogP contribution is 2.06. The van der Waals surface area contributed by atoms with Crippen molar-refractivity contribution in [3.8, 4) is 0 Å². The Morgan fingerprint density at radius 1 is 1.39 bits per heavy atom. The first-order valence-corrected chi connectivity index (χ1v) is 6.25. The van der Waals surface area contributed by atoms with Crippen LogP contribution in [0.15, 0.2) is 36.4 Å². The number of benzene rings is 1. The van der Waals surface area contributed by atoms with Crippen molar-refractivity contribution < 1.29 is 9.53 Å². The van der Waals surface area contributed by atoms with E-state index in [2.05, 4.69) is 31.0 Å². The van der Waals surface area contributed by atoms with Crippen molar-refractivity contribution in [1.82, 2.24) is 5.32 Å². The minimum Gasteiger partial charge on any atom is -0.463 e. The third kappa shape index (κ3) is 4.72. The Kier molecular flexibility index (Phi) is 6.15. The van der Waals surface area contributed by atoms with Gasteiger partial charge in [0.15, 0.2) is 0 Å². The summed E-state index contributed by atoms with van der Waals surface area (Å²) in [4.78, 5) is 11.3. The lowest BCUT2D eigenvalue weighted by Crippen LogP contribution is -2.24. The molecule has 1 aromatic rings. The van der Waals surface area contributed by atoms with E-state index in [9.17, 15) is 4.79 Å². The molecule has 0 unspecified atom stereocenters. The summed E-state index contributed by atoms with van der Waals surface area (Å²) < 4.78 is 4.86. The summed E-state index contributed by atoms with van der Waals surface area (Å²) in [6.45, 7) is 9.28. The van der Waals surface area contributed by atoms with Crippen molar-refractivity contribution in [3.05, 3.63) is 47.5 Å². The number of carbonyl (C=O) groups is 1. The fourth-order valence-electron chi connectivity index (χ4n) is 1.66. The summed E-state index contributed by atoms with van der Waals surface area (Å²) in [5.74, 6) is -0.319. The summed E-state index contributed by atoms with van der Waals surface area (Å²) in [5, 5.41) is 3.20. The number of hydrogen-bond acceptors (Lipinski definition) is 3. The molecule has 0 bridgehead atoms. The van der Waals surface area contributed by atoms with Crippen molar-refractivity contribution in [2.24, 2.45) is 0 Å². The van der Waals surface area contributed by atoms with Crippen LogP contribution in [0.2, 0.25) is 0 Å². The van der Waals surface area contributed by atoms with Crippen LogP contribution in [0.1, 0.15) is 18.1 Å². The Hall–Kier alpha value is -1.61. The minimum absolute atomic E-state index is 0.319. The van der Waals surface area contributed by atoms with Crippen LogP contribution >= 0.6 is 0 Å². The number of aryl methyl sites for hydroxylation is 1. The van der Waals surface area contributed by atoms with Crippen LogP contribution in [0.3, 0.4) is 0 Å².